The molecule has 3 aromatic heterocycles. The van der Waals surface area contributed by atoms with E-state index in [4.69, 9.17) is 8.53 Å². The fourth-order valence-electron chi connectivity index (χ4n) is 3.00. The largest absolute Gasteiger partial charge is 0.437 e. The average Bonchev–Trinajstić information content (AvgIpc) is 2.98. The van der Waals surface area contributed by atoms with E-state index in [-0.39, 0.29) is 5.56 Å². The second kappa shape index (κ2) is 5.75. The van der Waals surface area contributed by atoms with Crippen molar-refractivity contribution in [2.45, 2.75) is 27.1 Å². The van der Waals surface area contributed by atoms with Crippen LogP contribution in [0.4, 0.5) is 0 Å². The molecule has 4 rings (SSSR count). The second-order valence-corrected chi connectivity index (χ2v) is 6.47. The van der Waals surface area contributed by atoms with Crippen molar-refractivity contribution in [1.82, 2.24) is 9.97 Å². The van der Waals surface area contributed by atoms with Crippen LogP contribution in [0, 0.1) is 12.8 Å². The van der Waals surface area contributed by atoms with Gasteiger partial charge in [-0.15, -0.1) is 0 Å². The fourth-order valence-corrected chi connectivity index (χ4v) is 3.00. The molecule has 0 unspecified atom stereocenters. The number of benzene rings is 1. The summed E-state index contributed by atoms with van der Waals surface area (Å²) >= 11 is 0. The summed E-state index contributed by atoms with van der Waals surface area (Å²) in [5.41, 5.74) is 4.08. The first-order valence-electron chi connectivity index (χ1n) is 9.61. The van der Waals surface area contributed by atoms with Crippen LogP contribution in [-0.4, -0.2) is 9.97 Å². The van der Waals surface area contributed by atoms with Gasteiger partial charge in [0.15, 0.2) is 0 Å². The van der Waals surface area contributed by atoms with Crippen LogP contribution in [0.25, 0.3) is 33.3 Å². The summed E-state index contributed by atoms with van der Waals surface area (Å²) < 4.78 is 28.6. The van der Waals surface area contributed by atoms with Crippen molar-refractivity contribution in [2.75, 3.05) is 0 Å². The highest BCUT2D eigenvalue weighted by molar-refractivity contribution is 6.08. The molecule has 0 radical (unpaired) electrons. The molecule has 0 atom stereocenters. The molecule has 3 heteroatoms. The van der Waals surface area contributed by atoms with Crippen molar-refractivity contribution in [3.8, 4) is 11.3 Å². The number of hydrogen-bond donors (Lipinski definition) is 0. The first-order chi connectivity index (χ1) is 12.8. The Morgan fingerprint density at radius 3 is 2.75 bits per heavy atom. The zero-order valence-corrected chi connectivity index (χ0v) is 13.7. The molecular formula is C21H20N2O. The average molecular weight is 319 g/mol. The number of aromatic nitrogens is 2. The topological polar surface area (TPSA) is 38.9 Å². The van der Waals surface area contributed by atoms with Crippen molar-refractivity contribution in [3.05, 3.63) is 59.9 Å². The lowest BCUT2D eigenvalue weighted by Crippen LogP contribution is -1.96. The van der Waals surface area contributed by atoms with Crippen LogP contribution in [0.15, 0.2) is 53.1 Å². The molecule has 0 aliphatic carbocycles. The molecule has 0 saturated carbocycles. The maximum absolute atomic E-state index is 7.49. The Hall–Kier alpha value is -2.68. The molecule has 1 aromatic carbocycles. The summed E-state index contributed by atoms with van der Waals surface area (Å²) in [5.74, 6) is 0.524. The molecule has 0 N–H and O–H groups in total. The predicted molar refractivity (Wildman–Crippen MR) is 98.0 cm³/mol. The number of hydrogen-bond acceptors (Lipinski definition) is 3. The number of pyridine rings is 2. The summed E-state index contributed by atoms with van der Waals surface area (Å²) in [5, 5.41) is 1.95. The second-order valence-electron chi connectivity index (χ2n) is 6.47. The fraction of sp³-hybridized carbons (Fsp3) is 0.238. The van der Waals surface area contributed by atoms with E-state index in [2.05, 4.69) is 29.9 Å². The van der Waals surface area contributed by atoms with Gasteiger partial charge in [-0.05, 0) is 49.0 Å². The van der Waals surface area contributed by atoms with Gasteiger partial charge in [0, 0.05) is 32.3 Å². The van der Waals surface area contributed by atoms with Crippen LogP contribution in [0.3, 0.4) is 0 Å². The van der Waals surface area contributed by atoms with Gasteiger partial charge < -0.3 is 4.42 Å². The zero-order chi connectivity index (χ0) is 19.2. The molecular weight excluding hydrogens is 296 g/mol. The third-order valence-electron chi connectivity index (χ3n) is 4.08. The molecule has 0 amide bonds. The maximum Gasteiger partial charge on any atom is 0.227 e. The van der Waals surface area contributed by atoms with E-state index in [1.165, 1.54) is 6.20 Å². The van der Waals surface area contributed by atoms with Gasteiger partial charge in [0.05, 0.1) is 5.69 Å². The SMILES string of the molecule is [2H]C([2H])([2H])c1ccc(-c2cccc3c2oc2nc(CC(C)C)ccc23)nc1. The lowest BCUT2D eigenvalue weighted by Gasteiger charge is -2.02. The van der Waals surface area contributed by atoms with Gasteiger partial charge in [-0.3, -0.25) is 4.98 Å². The number of rotatable bonds is 3. The minimum absolute atomic E-state index is 0.225. The highest BCUT2D eigenvalue weighted by atomic mass is 16.3. The molecule has 0 aliphatic rings. The molecule has 120 valence electrons. The highest BCUT2D eigenvalue weighted by Crippen LogP contribution is 2.34. The predicted octanol–water partition coefficient (Wildman–Crippen LogP) is 5.55. The van der Waals surface area contributed by atoms with Gasteiger partial charge >= 0.3 is 0 Å². The minimum Gasteiger partial charge on any atom is -0.437 e. The molecule has 0 fully saturated rings. The molecule has 3 heterocycles. The van der Waals surface area contributed by atoms with Gasteiger partial charge in [-0.25, -0.2) is 4.98 Å². The van der Waals surface area contributed by atoms with Crippen molar-refractivity contribution in [2.24, 2.45) is 5.92 Å². The highest BCUT2D eigenvalue weighted by Gasteiger charge is 2.14. The zero-order valence-electron chi connectivity index (χ0n) is 16.7. The molecule has 4 aromatic rings. The van der Waals surface area contributed by atoms with Gasteiger partial charge in [-0.1, -0.05) is 32.0 Å². The normalized spacial score (nSPS) is 14.0. The Balaban J connectivity index is 1.84. The van der Waals surface area contributed by atoms with Crippen LogP contribution in [0.2, 0.25) is 0 Å². The third-order valence-corrected chi connectivity index (χ3v) is 4.08. The quantitative estimate of drug-likeness (QED) is 0.497. The summed E-state index contributed by atoms with van der Waals surface area (Å²) in [6.45, 7) is 2.17. The van der Waals surface area contributed by atoms with Crippen LogP contribution in [0.5, 0.6) is 0 Å². The van der Waals surface area contributed by atoms with E-state index in [1.807, 2.05) is 24.3 Å². The Bertz CT molecular complexity index is 1110. The first kappa shape index (κ1) is 11.8. The number of furan rings is 1. The third kappa shape index (κ3) is 2.56. The van der Waals surface area contributed by atoms with E-state index in [9.17, 15) is 0 Å². The number of nitrogens with zero attached hydrogens (tertiary/aromatic N) is 2. The van der Waals surface area contributed by atoms with E-state index < -0.39 is 6.85 Å². The lowest BCUT2D eigenvalue weighted by molar-refractivity contribution is 0.621. The van der Waals surface area contributed by atoms with E-state index >= 15 is 0 Å². The van der Waals surface area contributed by atoms with Crippen LogP contribution < -0.4 is 0 Å². The molecule has 0 saturated heterocycles. The Labute approximate surface area is 145 Å². The van der Waals surface area contributed by atoms with Gasteiger partial charge in [-0.2, -0.15) is 0 Å². The molecule has 0 aliphatic heterocycles. The standard InChI is InChI=1S/C21H20N2O/c1-13(2)11-15-8-9-17-16-5-4-6-18(20(16)24-21(17)23-15)19-10-7-14(3)12-22-19/h4-10,12-13H,11H2,1-3H3/i3D3. The van der Waals surface area contributed by atoms with E-state index in [1.54, 1.807) is 12.1 Å². The van der Waals surface area contributed by atoms with Crippen LogP contribution >= 0.6 is 0 Å². The van der Waals surface area contributed by atoms with E-state index in [0.717, 1.165) is 34.0 Å². The lowest BCUT2D eigenvalue weighted by atomic mass is 10.1. The Morgan fingerprint density at radius 1 is 1.08 bits per heavy atom. The number of fused-ring (bicyclic) bond motifs is 3. The van der Waals surface area contributed by atoms with Gasteiger partial charge in [0.1, 0.15) is 5.58 Å². The summed E-state index contributed by atoms with van der Waals surface area (Å²) in [7, 11) is 0. The minimum atomic E-state index is -2.16. The molecule has 0 spiro atoms. The first-order valence-corrected chi connectivity index (χ1v) is 8.11. The Kier molecular flexibility index (Phi) is 2.83. The van der Waals surface area contributed by atoms with Gasteiger partial charge in [0.25, 0.3) is 0 Å². The summed E-state index contributed by atoms with van der Waals surface area (Å²) in [4.78, 5) is 9.02. The maximum atomic E-state index is 7.49. The molecule has 24 heavy (non-hydrogen) atoms. The number of aryl methyl sites for hydroxylation is 1. The monoisotopic (exact) mass is 319 g/mol. The molecule has 3 nitrogen and oxygen atoms in total. The van der Waals surface area contributed by atoms with Gasteiger partial charge in [0.2, 0.25) is 5.71 Å². The summed E-state index contributed by atoms with van der Waals surface area (Å²) in [6, 6.07) is 13.3. The van der Waals surface area contributed by atoms with Crippen molar-refractivity contribution >= 4 is 22.1 Å². The van der Waals surface area contributed by atoms with Crippen molar-refractivity contribution in [3.63, 3.8) is 0 Å². The van der Waals surface area contributed by atoms with Crippen LogP contribution in [0.1, 0.15) is 29.2 Å². The smallest absolute Gasteiger partial charge is 0.227 e. The van der Waals surface area contributed by atoms with Crippen molar-refractivity contribution in [1.29, 1.82) is 0 Å². The van der Waals surface area contributed by atoms with Crippen LogP contribution in [-0.2, 0) is 6.42 Å². The van der Waals surface area contributed by atoms with Crippen molar-refractivity contribution < 1.29 is 8.53 Å². The molecule has 0 bridgehead atoms. The Morgan fingerprint density at radius 2 is 2.00 bits per heavy atom. The number of para-hydroxylation sites is 1. The van der Waals surface area contributed by atoms with E-state index in [0.29, 0.717) is 17.3 Å². The summed E-state index contributed by atoms with van der Waals surface area (Å²) in [6.07, 6.45) is 2.31.